The second-order valence-electron chi connectivity index (χ2n) is 7.11. The molecule has 1 amide bonds. The van der Waals surface area contributed by atoms with Crippen LogP contribution in [-0.4, -0.2) is 35.4 Å². The van der Waals surface area contributed by atoms with Gasteiger partial charge in [0.2, 0.25) is 5.91 Å². The minimum Gasteiger partial charge on any atom is -0.440 e. The van der Waals surface area contributed by atoms with E-state index in [1.54, 1.807) is 0 Å². The number of aryl methyl sites for hydroxylation is 1. The van der Waals surface area contributed by atoms with E-state index in [0.717, 1.165) is 52.2 Å². The Labute approximate surface area is 172 Å². The first-order chi connectivity index (χ1) is 13.1. The highest BCUT2D eigenvalue weighted by Crippen LogP contribution is 2.29. The molecule has 1 atom stereocenters. The number of hydrogen-bond donors (Lipinski definition) is 1. The summed E-state index contributed by atoms with van der Waals surface area (Å²) in [5.74, 6) is 1.04. The highest BCUT2D eigenvalue weighted by atomic mass is 127. The molecular formula is C21H22IN3O2. The summed E-state index contributed by atoms with van der Waals surface area (Å²) in [6, 6.07) is 13.8. The maximum Gasteiger partial charge on any atom is 0.238 e. The summed E-state index contributed by atoms with van der Waals surface area (Å²) in [5.41, 5.74) is 3.79. The molecule has 2 heterocycles. The Balaban J connectivity index is 1.39. The van der Waals surface area contributed by atoms with Crippen molar-refractivity contribution in [2.45, 2.75) is 25.7 Å². The Morgan fingerprint density at radius 1 is 1.33 bits per heavy atom. The number of anilines is 1. The molecule has 1 aromatic heterocycles. The molecule has 1 aliphatic rings. The molecule has 0 saturated carbocycles. The van der Waals surface area contributed by atoms with Crippen LogP contribution in [0.2, 0.25) is 0 Å². The van der Waals surface area contributed by atoms with Gasteiger partial charge in [0.1, 0.15) is 5.52 Å². The Bertz CT molecular complexity index is 936. The molecule has 1 aliphatic heterocycles. The predicted molar refractivity (Wildman–Crippen MR) is 115 cm³/mol. The van der Waals surface area contributed by atoms with Gasteiger partial charge in [0.05, 0.1) is 6.54 Å². The number of carbonyl (C=O) groups excluding carboxylic acids is 1. The zero-order chi connectivity index (χ0) is 18.8. The third kappa shape index (κ3) is 4.32. The maximum atomic E-state index is 12.5. The minimum atomic E-state index is 0.0212. The average molecular weight is 475 g/mol. The van der Waals surface area contributed by atoms with Gasteiger partial charge < -0.3 is 9.73 Å². The number of fused-ring (bicyclic) bond motifs is 1. The van der Waals surface area contributed by atoms with E-state index in [1.165, 1.54) is 5.56 Å². The van der Waals surface area contributed by atoms with Crippen molar-refractivity contribution in [1.82, 2.24) is 9.88 Å². The number of piperidine rings is 1. The van der Waals surface area contributed by atoms with Crippen molar-refractivity contribution >= 4 is 45.3 Å². The van der Waals surface area contributed by atoms with Crippen molar-refractivity contribution in [2.24, 2.45) is 0 Å². The number of carbonyl (C=O) groups is 1. The van der Waals surface area contributed by atoms with E-state index >= 15 is 0 Å². The summed E-state index contributed by atoms with van der Waals surface area (Å²) in [6.45, 7) is 4.18. The largest absolute Gasteiger partial charge is 0.440 e. The number of para-hydroxylation sites is 2. The highest BCUT2D eigenvalue weighted by molar-refractivity contribution is 14.1. The lowest BCUT2D eigenvalue weighted by Crippen LogP contribution is -2.39. The van der Waals surface area contributed by atoms with E-state index < -0.39 is 0 Å². The lowest BCUT2D eigenvalue weighted by atomic mass is 9.98. The first-order valence-corrected chi connectivity index (χ1v) is 10.3. The first-order valence-electron chi connectivity index (χ1n) is 9.22. The lowest BCUT2D eigenvalue weighted by molar-refractivity contribution is -0.117. The van der Waals surface area contributed by atoms with Crippen molar-refractivity contribution < 1.29 is 9.21 Å². The molecule has 1 unspecified atom stereocenters. The number of nitrogens with one attached hydrogen (secondary N) is 1. The zero-order valence-electron chi connectivity index (χ0n) is 15.2. The van der Waals surface area contributed by atoms with E-state index in [4.69, 9.17) is 4.42 Å². The number of benzene rings is 2. The summed E-state index contributed by atoms with van der Waals surface area (Å²) < 4.78 is 7.09. The van der Waals surface area contributed by atoms with Gasteiger partial charge in [-0.05, 0) is 78.7 Å². The second kappa shape index (κ2) is 7.98. The maximum absolute atomic E-state index is 12.5. The summed E-state index contributed by atoms with van der Waals surface area (Å²) in [7, 11) is 0. The van der Waals surface area contributed by atoms with Crippen molar-refractivity contribution in [3.8, 4) is 0 Å². The van der Waals surface area contributed by atoms with Gasteiger partial charge in [-0.2, -0.15) is 0 Å². The number of hydrogen-bond acceptors (Lipinski definition) is 4. The van der Waals surface area contributed by atoms with E-state index in [1.807, 2.05) is 42.5 Å². The average Bonchev–Trinajstić information content (AvgIpc) is 3.09. The lowest BCUT2D eigenvalue weighted by Gasteiger charge is -2.30. The van der Waals surface area contributed by atoms with Crippen molar-refractivity contribution in [2.75, 3.05) is 25.0 Å². The van der Waals surface area contributed by atoms with Crippen molar-refractivity contribution in [3.05, 3.63) is 57.5 Å². The summed E-state index contributed by atoms with van der Waals surface area (Å²) in [6.07, 6.45) is 2.08. The number of nitrogens with zero attached hydrogens (tertiary/aromatic N) is 2. The number of aromatic nitrogens is 1. The van der Waals surface area contributed by atoms with Gasteiger partial charge in [-0.15, -0.1) is 0 Å². The Kier molecular flexibility index (Phi) is 5.45. The Morgan fingerprint density at radius 3 is 3.00 bits per heavy atom. The molecule has 0 radical (unpaired) electrons. The van der Waals surface area contributed by atoms with Crippen LogP contribution in [0, 0.1) is 10.5 Å². The zero-order valence-corrected chi connectivity index (χ0v) is 17.4. The van der Waals surface area contributed by atoms with Gasteiger partial charge in [0.25, 0.3) is 0 Å². The SMILES string of the molecule is Cc1ccc(NC(=O)CN2CCCC(c3nc4ccccc4o3)C2)cc1I. The Hall–Kier alpha value is -1.93. The molecule has 1 fully saturated rings. The van der Waals surface area contributed by atoms with Gasteiger partial charge in [-0.25, -0.2) is 4.98 Å². The predicted octanol–water partition coefficient (Wildman–Crippen LogP) is 4.56. The molecule has 4 rings (SSSR count). The molecule has 3 aromatic rings. The minimum absolute atomic E-state index is 0.0212. The molecule has 0 spiro atoms. The summed E-state index contributed by atoms with van der Waals surface area (Å²) >= 11 is 2.29. The molecule has 1 N–H and O–H groups in total. The number of oxazole rings is 1. The van der Waals surface area contributed by atoms with Gasteiger partial charge in [-0.1, -0.05) is 18.2 Å². The smallest absolute Gasteiger partial charge is 0.238 e. The van der Waals surface area contributed by atoms with Crippen LogP contribution < -0.4 is 5.32 Å². The fraction of sp³-hybridized carbons (Fsp3) is 0.333. The Morgan fingerprint density at radius 2 is 2.19 bits per heavy atom. The molecule has 0 bridgehead atoms. The molecule has 140 valence electrons. The van der Waals surface area contributed by atoms with Gasteiger partial charge in [0, 0.05) is 21.7 Å². The normalized spacial score (nSPS) is 17.9. The second-order valence-corrected chi connectivity index (χ2v) is 8.27. The van der Waals surface area contributed by atoms with Gasteiger partial charge in [0.15, 0.2) is 11.5 Å². The molecule has 5 nitrogen and oxygen atoms in total. The van der Waals surface area contributed by atoms with E-state index in [2.05, 4.69) is 44.7 Å². The van der Waals surface area contributed by atoms with Crippen LogP contribution in [0.1, 0.15) is 30.2 Å². The van der Waals surface area contributed by atoms with Crippen molar-refractivity contribution in [3.63, 3.8) is 0 Å². The third-order valence-electron chi connectivity index (χ3n) is 4.99. The summed E-state index contributed by atoms with van der Waals surface area (Å²) in [5, 5.41) is 3.01. The van der Waals surface area contributed by atoms with E-state index in [-0.39, 0.29) is 11.8 Å². The van der Waals surface area contributed by atoms with Gasteiger partial charge in [-0.3, -0.25) is 9.69 Å². The molecule has 2 aromatic carbocycles. The van der Waals surface area contributed by atoms with Crippen LogP contribution in [0.15, 0.2) is 46.9 Å². The fourth-order valence-corrected chi connectivity index (χ4v) is 4.05. The molecule has 6 heteroatoms. The van der Waals surface area contributed by atoms with E-state index in [0.29, 0.717) is 6.54 Å². The monoisotopic (exact) mass is 475 g/mol. The van der Waals surface area contributed by atoms with Crippen LogP contribution in [0.5, 0.6) is 0 Å². The van der Waals surface area contributed by atoms with Crippen molar-refractivity contribution in [1.29, 1.82) is 0 Å². The molecule has 27 heavy (non-hydrogen) atoms. The molecule has 1 saturated heterocycles. The van der Waals surface area contributed by atoms with Gasteiger partial charge >= 0.3 is 0 Å². The standard InChI is InChI=1S/C21H22IN3O2/c1-14-8-9-16(11-17(14)22)23-20(26)13-25-10-4-5-15(12-25)21-24-18-6-2-3-7-19(18)27-21/h2-3,6-9,11,15H,4-5,10,12-13H2,1H3,(H,23,26). The quantitative estimate of drug-likeness (QED) is 0.563. The van der Waals surface area contributed by atoms with Crippen LogP contribution in [0.25, 0.3) is 11.1 Å². The van der Waals surface area contributed by atoms with E-state index in [9.17, 15) is 4.79 Å². The number of rotatable bonds is 4. The van der Waals surface area contributed by atoms with Crippen LogP contribution in [0.3, 0.4) is 0 Å². The first kappa shape index (κ1) is 18.4. The number of likely N-dealkylation sites (tertiary alicyclic amines) is 1. The molecule has 0 aliphatic carbocycles. The topological polar surface area (TPSA) is 58.4 Å². The number of amides is 1. The fourth-order valence-electron chi connectivity index (χ4n) is 3.54. The molecular weight excluding hydrogens is 453 g/mol. The number of halogens is 1. The van der Waals surface area contributed by atoms with Crippen LogP contribution in [0.4, 0.5) is 5.69 Å². The van der Waals surface area contributed by atoms with Crippen LogP contribution >= 0.6 is 22.6 Å². The van der Waals surface area contributed by atoms with Crippen LogP contribution in [-0.2, 0) is 4.79 Å². The third-order valence-corrected chi connectivity index (χ3v) is 6.15. The highest BCUT2D eigenvalue weighted by Gasteiger charge is 2.26. The summed E-state index contributed by atoms with van der Waals surface area (Å²) in [4.78, 5) is 19.3.